The monoisotopic (exact) mass is 551 g/mol. The second-order valence-electron chi connectivity index (χ2n) is 11.2. The number of nitrogens with zero attached hydrogens (tertiary/aromatic N) is 1. The first-order valence-corrected chi connectivity index (χ1v) is 15.1. The molecule has 0 aliphatic heterocycles. The number of benzene rings is 1. The highest BCUT2D eigenvalue weighted by atomic mass is 32.2. The zero-order chi connectivity index (χ0) is 28.9. The lowest BCUT2D eigenvalue weighted by Gasteiger charge is -2.39. The number of hydrogen-bond acceptors (Lipinski definition) is 6. The molecule has 3 unspecified atom stereocenters. The van der Waals surface area contributed by atoms with Gasteiger partial charge < -0.3 is 25.4 Å². The van der Waals surface area contributed by atoms with Crippen LogP contribution in [0.4, 0.5) is 4.79 Å². The molecule has 1 rings (SSSR count). The van der Waals surface area contributed by atoms with Crippen LogP contribution >= 0.6 is 11.8 Å². The number of alkyl carbamates (subject to hydrolysis) is 1. The van der Waals surface area contributed by atoms with E-state index in [1.54, 1.807) is 55.6 Å². The van der Waals surface area contributed by atoms with Crippen LogP contribution in [0.25, 0.3) is 0 Å². The summed E-state index contributed by atoms with van der Waals surface area (Å²) in [6.45, 7) is 13.9. The van der Waals surface area contributed by atoms with Crippen molar-refractivity contribution in [3.05, 3.63) is 29.8 Å². The van der Waals surface area contributed by atoms with Gasteiger partial charge in [0.05, 0.1) is 0 Å². The molecule has 0 spiro atoms. The minimum Gasteiger partial charge on any atom is -0.508 e. The average Bonchev–Trinajstić information content (AvgIpc) is 2.82. The fourth-order valence-corrected chi connectivity index (χ4v) is 4.53. The number of amides is 3. The number of aromatic hydroxyl groups is 1. The van der Waals surface area contributed by atoms with E-state index in [9.17, 15) is 19.5 Å². The molecule has 0 aliphatic rings. The van der Waals surface area contributed by atoms with Crippen LogP contribution in [0.15, 0.2) is 24.3 Å². The van der Waals surface area contributed by atoms with Crippen LogP contribution < -0.4 is 10.6 Å². The summed E-state index contributed by atoms with van der Waals surface area (Å²) < 4.78 is 5.45. The number of rotatable bonds is 15. The Bertz CT molecular complexity index is 887. The molecule has 0 bridgehead atoms. The summed E-state index contributed by atoms with van der Waals surface area (Å²) in [7, 11) is 0. The SMILES string of the molecule is CCCCNC(=O)C(c1ccccc1O)N(C(=O)C(CCSC)NC(=O)OC(C)(C)C)C(C)CCC(C)C. The molecule has 3 atom stereocenters. The van der Waals surface area contributed by atoms with Crippen molar-refractivity contribution in [2.24, 2.45) is 5.92 Å². The molecule has 8 nitrogen and oxygen atoms in total. The first kappa shape index (κ1) is 33.6. The molecule has 38 heavy (non-hydrogen) atoms. The Morgan fingerprint density at radius 3 is 2.29 bits per heavy atom. The Labute approximate surface area is 233 Å². The highest BCUT2D eigenvalue weighted by Crippen LogP contribution is 2.32. The number of hydrogen-bond donors (Lipinski definition) is 3. The van der Waals surface area contributed by atoms with Gasteiger partial charge in [0.15, 0.2) is 0 Å². The Balaban J connectivity index is 3.57. The van der Waals surface area contributed by atoms with Gasteiger partial charge in [0.2, 0.25) is 11.8 Å². The van der Waals surface area contributed by atoms with E-state index in [0.717, 1.165) is 19.3 Å². The predicted molar refractivity (Wildman–Crippen MR) is 155 cm³/mol. The number of thioether (sulfide) groups is 1. The third-order valence-corrected chi connectivity index (χ3v) is 6.72. The fourth-order valence-electron chi connectivity index (χ4n) is 4.06. The van der Waals surface area contributed by atoms with E-state index in [-0.39, 0.29) is 23.6 Å². The van der Waals surface area contributed by atoms with Crippen LogP contribution in [0, 0.1) is 5.92 Å². The van der Waals surface area contributed by atoms with E-state index in [0.29, 0.717) is 36.6 Å². The van der Waals surface area contributed by atoms with Gasteiger partial charge in [-0.3, -0.25) is 9.59 Å². The van der Waals surface area contributed by atoms with E-state index in [1.807, 2.05) is 20.1 Å². The first-order valence-electron chi connectivity index (χ1n) is 13.7. The lowest BCUT2D eigenvalue weighted by molar-refractivity contribution is -0.145. The Kier molecular flexibility index (Phi) is 14.6. The Hall–Kier alpha value is -2.42. The number of phenolic OH excluding ortho intramolecular Hbond substituents is 1. The van der Waals surface area contributed by atoms with Gasteiger partial charge in [0.25, 0.3) is 0 Å². The molecular weight excluding hydrogens is 502 g/mol. The van der Waals surface area contributed by atoms with E-state index >= 15 is 0 Å². The van der Waals surface area contributed by atoms with Crippen molar-refractivity contribution in [2.45, 2.75) is 104 Å². The third kappa shape index (κ3) is 11.5. The maximum absolute atomic E-state index is 14.3. The zero-order valence-electron chi connectivity index (χ0n) is 24.5. The fraction of sp³-hybridized carbons (Fsp3) is 0.690. The molecule has 0 heterocycles. The summed E-state index contributed by atoms with van der Waals surface area (Å²) in [6, 6.07) is 4.34. The van der Waals surface area contributed by atoms with Gasteiger partial charge in [-0.1, -0.05) is 45.4 Å². The van der Waals surface area contributed by atoms with Crippen LogP contribution in [0.3, 0.4) is 0 Å². The van der Waals surface area contributed by atoms with Crippen molar-refractivity contribution < 1.29 is 24.2 Å². The lowest BCUT2D eigenvalue weighted by atomic mass is 9.96. The van der Waals surface area contributed by atoms with Crippen molar-refractivity contribution in [3.8, 4) is 5.75 Å². The summed E-state index contributed by atoms with van der Waals surface area (Å²) in [6.07, 6.45) is 4.85. The molecule has 216 valence electrons. The highest BCUT2D eigenvalue weighted by molar-refractivity contribution is 7.98. The molecule has 0 aromatic heterocycles. The van der Waals surface area contributed by atoms with E-state index in [2.05, 4.69) is 24.5 Å². The summed E-state index contributed by atoms with van der Waals surface area (Å²) in [5.74, 6) is 0.247. The summed E-state index contributed by atoms with van der Waals surface area (Å²) in [5, 5.41) is 16.5. The van der Waals surface area contributed by atoms with Gasteiger partial charge in [-0.05, 0) is 77.4 Å². The quantitative estimate of drug-likeness (QED) is 0.243. The maximum Gasteiger partial charge on any atom is 0.408 e. The minimum absolute atomic E-state index is 0.0576. The molecule has 9 heteroatoms. The molecule has 0 saturated heterocycles. The number of carbonyl (C=O) groups is 3. The molecule has 0 fully saturated rings. The van der Waals surface area contributed by atoms with Gasteiger partial charge in [-0.25, -0.2) is 4.79 Å². The molecule has 0 saturated carbocycles. The average molecular weight is 552 g/mol. The highest BCUT2D eigenvalue weighted by Gasteiger charge is 2.39. The Morgan fingerprint density at radius 1 is 1.08 bits per heavy atom. The van der Waals surface area contributed by atoms with E-state index < -0.39 is 23.8 Å². The van der Waals surface area contributed by atoms with Gasteiger partial charge in [-0.15, -0.1) is 0 Å². The molecule has 0 radical (unpaired) electrons. The van der Waals surface area contributed by atoms with Crippen LogP contribution in [0.1, 0.15) is 92.2 Å². The van der Waals surface area contributed by atoms with Gasteiger partial charge in [0, 0.05) is 18.2 Å². The third-order valence-electron chi connectivity index (χ3n) is 6.08. The minimum atomic E-state index is -1.06. The van der Waals surface area contributed by atoms with E-state index in [4.69, 9.17) is 4.74 Å². The molecule has 1 aromatic rings. The normalized spacial score (nSPS) is 13.9. The number of nitrogens with one attached hydrogen (secondary N) is 2. The number of para-hydroxylation sites is 1. The number of phenols is 1. The molecule has 0 aliphatic carbocycles. The van der Waals surface area contributed by atoms with Crippen LogP contribution in [-0.2, 0) is 14.3 Å². The Morgan fingerprint density at radius 2 is 1.74 bits per heavy atom. The largest absolute Gasteiger partial charge is 0.508 e. The zero-order valence-corrected chi connectivity index (χ0v) is 25.3. The molecule has 3 N–H and O–H groups in total. The van der Waals surface area contributed by atoms with Crippen LogP contribution in [-0.4, -0.2) is 64.2 Å². The topological polar surface area (TPSA) is 108 Å². The molecular formula is C29H49N3O5S. The standard InChI is InChI=1S/C29H49N3O5S/c1-9-10-18-30-26(34)25(22-13-11-12-14-24(22)33)32(21(4)16-15-20(2)3)27(35)23(17-19-38-8)31-28(36)37-29(5,6)7/h11-14,20-21,23,25,33H,9-10,15-19H2,1-8H3,(H,30,34)(H,31,36). The summed E-state index contributed by atoms with van der Waals surface area (Å²) in [5.41, 5.74) is -0.369. The second kappa shape index (κ2) is 16.5. The number of unbranched alkanes of at least 4 members (excludes halogenated alkanes) is 1. The smallest absolute Gasteiger partial charge is 0.408 e. The van der Waals surface area contributed by atoms with Crippen molar-refractivity contribution in [3.63, 3.8) is 0 Å². The van der Waals surface area contributed by atoms with Crippen molar-refractivity contribution in [1.82, 2.24) is 15.5 Å². The first-order chi connectivity index (χ1) is 17.8. The summed E-state index contributed by atoms with van der Waals surface area (Å²) >= 11 is 1.57. The van der Waals surface area contributed by atoms with Crippen LogP contribution in [0.5, 0.6) is 5.75 Å². The van der Waals surface area contributed by atoms with Gasteiger partial charge in [-0.2, -0.15) is 11.8 Å². The lowest BCUT2D eigenvalue weighted by Crippen LogP contribution is -2.55. The molecule has 3 amide bonds. The van der Waals surface area contributed by atoms with Crippen molar-refractivity contribution >= 4 is 29.7 Å². The molecule has 1 aromatic carbocycles. The summed E-state index contributed by atoms with van der Waals surface area (Å²) in [4.78, 5) is 42.2. The van der Waals surface area contributed by atoms with Crippen molar-refractivity contribution in [1.29, 1.82) is 0 Å². The number of ether oxygens (including phenoxy) is 1. The van der Waals surface area contributed by atoms with Crippen molar-refractivity contribution in [2.75, 3.05) is 18.6 Å². The van der Waals surface area contributed by atoms with Crippen LogP contribution in [0.2, 0.25) is 0 Å². The van der Waals surface area contributed by atoms with Gasteiger partial charge >= 0.3 is 6.09 Å². The van der Waals surface area contributed by atoms with E-state index in [1.165, 1.54) is 6.07 Å². The maximum atomic E-state index is 14.3. The second-order valence-corrected chi connectivity index (χ2v) is 12.1. The predicted octanol–water partition coefficient (Wildman–Crippen LogP) is 5.65. The number of carbonyl (C=O) groups excluding carboxylic acids is 3. The van der Waals surface area contributed by atoms with Gasteiger partial charge in [0.1, 0.15) is 23.4 Å².